The van der Waals surface area contributed by atoms with Crippen molar-refractivity contribution in [2.45, 2.75) is 0 Å². The van der Waals surface area contributed by atoms with Crippen LogP contribution in [0.15, 0.2) is 51.8 Å². The molecule has 0 unspecified atom stereocenters. The number of benzene rings is 1. The zero-order valence-corrected chi connectivity index (χ0v) is 11.4. The summed E-state index contributed by atoms with van der Waals surface area (Å²) >= 11 is 0. The van der Waals surface area contributed by atoms with Crippen LogP contribution in [-0.4, -0.2) is 21.9 Å². The van der Waals surface area contributed by atoms with Crippen molar-refractivity contribution in [3.63, 3.8) is 0 Å². The molecule has 0 spiro atoms. The lowest BCUT2D eigenvalue weighted by atomic mass is 10.2. The average Bonchev–Trinajstić information content (AvgIpc) is 2.80. The molecule has 21 heavy (non-hydrogen) atoms. The van der Waals surface area contributed by atoms with Crippen molar-refractivity contribution in [3.8, 4) is 0 Å². The van der Waals surface area contributed by atoms with E-state index in [9.17, 15) is 9.59 Å². The second kappa shape index (κ2) is 5.24. The molecule has 0 fully saturated rings. The lowest BCUT2D eigenvalue weighted by Crippen LogP contribution is -2.14. The molecule has 0 atom stereocenters. The SMILES string of the molecule is Cn1c(=O)oc2cc(C(=O)CNc3ccccc3)cnc21. The van der Waals surface area contributed by atoms with Gasteiger partial charge in [-0.25, -0.2) is 9.78 Å². The van der Waals surface area contributed by atoms with Crippen molar-refractivity contribution in [1.82, 2.24) is 9.55 Å². The third-order valence-electron chi connectivity index (χ3n) is 3.17. The topological polar surface area (TPSA) is 77.1 Å². The molecule has 0 saturated carbocycles. The number of hydrogen-bond acceptors (Lipinski definition) is 5. The maximum Gasteiger partial charge on any atom is 0.420 e. The van der Waals surface area contributed by atoms with Gasteiger partial charge in [0, 0.05) is 24.5 Å². The number of nitrogens with zero attached hydrogens (tertiary/aromatic N) is 2. The van der Waals surface area contributed by atoms with Gasteiger partial charge in [0.25, 0.3) is 0 Å². The summed E-state index contributed by atoms with van der Waals surface area (Å²) in [5.41, 5.74) is 2.01. The number of anilines is 1. The van der Waals surface area contributed by atoms with Crippen LogP contribution in [0.3, 0.4) is 0 Å². The van der Waals surface area contributed by atoms with E-state index in [1.54, 1.807) is 13.1 Å². The van der Waals surface area contributed by atoms with E-state index in [2.05, 4.69) is 10.3 Å². The second-order valence-corrected chi connectivity index (χ2v) is 4.62. The van der Waals surface area contributed by atoms with Crippen molar-refractivity contribution in [3.05, 3.63) is 58.7 Å². The molecule has 0 bridgehead atoms. The van der Waals surface area contributed by atoms with Crippen molar-refractivity contribution < 1.29 is 9.21 Å². The molecule has 1 N–H and O–H groups in total. The van der Waals surface area contributed by atoms with Gasteiger partial charge < -0.3 is 9.73 Å². The Labute approximate surface area is 120 Å². The number of para-hydroxylation sites is 1. The van der Waals surface area contributed by atoms with E-state index >= 15 is 0 Å². The molecular formula is C15H13N3O3. The number of carbonyl (C=O) groups excluding carboxylic acids is 1. The summed E-state index contributed by atoms with van der Waals surface area (Å²) in [6, 6.07) is 11.0. The number of aryl methyl sites for hydroxylation is 1. The molecule has 3 aromatic rings. The Morgan fingerprint density at radius 2 is 2.10 bits per heavy atom. The maximum atomic E-state index is 12.1. The number of Topliss-reactive ketones (excluding diaryl/α,β-unsaturated/α-hetero) is 1. The number of rotatable bonds is 4. The van der Waals surface area contributed by atoms with Crippen LogP contribution in [0, 0.1) is 0 Å². The zero-order chi connectivity index (χ0) is 14.8. The van der Waals surface area contributed by atoms with Crippen LogP contribution in [0.5, 0.6) is 0 Å². The van der Waals surface area contributed by atoms with Crippen molar-refractivity contribution in [2.75, 3.05) is 11.9 Å². The van der Waals surface area contributed by atoms with Crippen LogP contribution in [0.25, 0.3) is 11.2 Å². The van der Waals surface area contributed by atoms with E-state index in [-0.39, 0.29) is 12.3 Å². The lowest BCUT2D eigenvalue weighted by Gasteiger charge is -2.05. The maximum absolute atomic E-state index is 12.1. The summed E-state index contributed by atoms with van der Waals surface area (Å²) in [6.45, 7) is 0.147. The van der Waals surface area contributed by atoms with E-state index in [0.29, 0.717) is 16.8 Å². The molecule has 0 aliphatic carbocycles. The number of pyridine rings is 1. The first-order chi connectivity index (χ1) is 10.1. The third kappa shape index (κ3) is 2.55. The highest BCUT2D eigenvalue weighted by Gasteiger charge is 2.12. The number of nitrogens with one attached hydrogen (secondary N) is 1. The summed E-state index contributed by atoms with van der Waals surface area (Å²) in [7, 11) is 1.57. The lowest BCUT2D eigenvalue weighted by molar-refractivity contribution is 0.101. The Kier molecular flexibility index (Phi) is 3.27. The minimum atomic E-state index is -0.496. The molecule has 0 aliphatic rings. The largest absolute Gasteiger partial charge is 0.420 e. The van der Waals surface area contributed by atoms with Crippen molar-refractivity contribution in [2.24, 2.45) is 7.05 Å². The number of fused-ring (bicyclic) bond motifs is 1. The molecule has 106 valence electrons. The molecule has 2 heterocycles. The Balaban J connectivity index is 1.80. The first kappa shape index (κ1) is 13.1. The fraction of sp³-hybridized carbons (Fsp3) is 0.133. The van der Waals surface area contributed by atoms with Crippen LogP contribution in [0.2, 0.25) is 0 Å². The predicted octanol–water partition coefficient (Wildman–Crippen LogP) is 1.82. The molecule has 0 aliphatic heterocycles. The number of ketones is 1. The molecule has 0 saturated heterocycles. The standard InChI is InChI=1S/C15H13N3O3/c1-18-14-13(21-15(18)20)7-10(8-17-14)12(19)9-16-11-5-3-2-4-6-11/h2-8,16H,9H2,1H3. The van der Waals surface area contributed by atoms with Gasteiger partial charge in [-0.15, -0.1) is 0 Å². The van der Waals surface area contributed by atoms with Gasteiger partial charge >= 0.3 is 5.76 Å². The van der Waals surface area contributed by atoms with Gasteiger partial charge in [-0.05, 0) is 18.2 Å². The molecular weight excluding hydrogens is 270 g/mol. The van der Waals surface area contributed by atoms with Gasteiger partial charge in [-0.1, -0.05) is 18.2 Å². The van der Waals surface area contributed by atoms with Gasteiger partial charge in [0.2, 0.25) is 0 Å². The van der Waals surface area contributed by atoms with Crippen molar-refractivity contribution in [1.29, 1.82) is 0 Å². The summed E-state index contributed by atoms with van der Waals surface area (Å²) in [4.78, 5) is 27.6. The zero-order valence-electron chi connectivity index (χ0n) is 11.4. The smallest absolute Gasteiger partial charge is 0.406 e. The van der Waals surface area contributed by atoms with E-state index in [1.165, 1.54) is 10.8 Å². The van der Waals surface area contributed by atoms with Gasteiger partial charge in [0.05, 0.1) is 6.54 Å². The average molecular weight is 283 g/mol. The summed E-state index contributed by atoms with van der Waals surface area (Å²) in [6.07, 6.45) is 1.45. The van der Waals surface area contributed by atoms with E-state index < -0.39 is 5.76 Å². The minimum absolute atomic E-state index is 0.125. The first-order valence-electron chi connectivity index (χ1n) is 6.43. The monoisotopic (exact) mass is 283 g/mol. The predicted molar refractivity (Wildman–Crippen MR) is 78.5 cm³/mol. The summed E-state index contributed by atoms with van der Waals surface area (Å²) in [5, 5.41) is 3.03. The van der Waals surface area contributed by atoms with E-state index in [0.717, 1.165) is 5.69 Å². The molecule has 3 rings (SSSR count). The highest BCUT2D eigenvalue weighted by molar-refractivity contribution is 6.00. The quantitative estimate of drug-likeness (QED) is 0.739. The third-order valence-corrected chi connectivity index (χ3v) is 3.17. The fourth-order valence-corrected chi connectivity index (χ4v) is 2.01. The Morgan fingerprint density at radius 3 is 2.86 bits per heavy atom. The number of hydrogen-bond donors (Lipinski definition) is 1. The van der Waals surface area contributed by atoms with Gasteiger partial charge in [0.15, 0.2) is 17.0 Å². The fourth-order valence-electron chi connectivity index (χ4n) is 2.01. The number of oxazole rings is 1. The van der Waals surface area contributed by atoms with Gasteiger partial charge in [-0.3, -0.25) is 9.36 Å². The first-order valence-corrected chi connectivity index (χ1v) is 6.43. The molecule has 2 aromatic heterocycles. The molecule has 0 amide bonds. The van der Waals surface area contributed by atoms with Gasteiger partial charge in [-0.2, -0.15) is 0 Å². The Morgan fingerprint density at radius 1 is 1.33 bits per heavy atom. The number of carbonyl (C=O) groups is 1. The second-order valence-electron chi connectivity index (χ2n) is 4.62. The summed E-state index contributed by atoms with van der Waals surface area (Å²) < 4.78 is 6.32. The Hall–Kier alpha value is -2.89. The van der Waals surface area contributed by atoms with Gasteiger partial charge in [0.1, 0.15) is 0 Å². The highest BCUT2D eigenvalue weighted by Crippen LogP contribution is 2.12. The highest BCUT2D eigenvalue weighted by atomic mass is 16.4. The molecule has 0 radical (unpaired) electrons. The minimum Gasteiger partial charge on any atom is -0.406 e. The van der Waals surface area contributed by atoms with Crippen LogP contribution >= 0.6 is 0 Å². The van der Waals surface area contributed by atoms with E-state index in [1.807, 2.05) is 30.3 Å². The van der Waals surface area contributed by atoms with Crippen LogP contribution < -0.4 is 11.1 Å². The molecule has 6 heteroatoms. The van der Waals surface area contributed by atoms with Crippen LogP contribution in [0.1, 0.15) is 10.4 Å². The summed E-state index contributed by atoms with van der Waals surface area (Å²) in [5.74, 6) is -0.621. The Bertz CT molecular complexity index is 849. The molecule has 6 nitrogen and oxygen atoms in total. The molecule has 1 aromatic carbocycles. The van der Waals surface area contributed by atoms with Crippen molar-refractivity contribution >= 4 is 22.7 Å². The van der Waals surface area contributed by atoms with Crippen LogP contribution in [0.4, 0.5) is 5.69 Å². The normalized spacial score (nSPS) is 10.7. The van der Waals surface area contributed by atoms with E-state index in [4.69, 9.17) is 4.42 Å². The van der Waals surface area contributed by atoms with Crippen LogP contribution in [-0.2, 0) is 7.05 Å². The number of aromatic nitrogens is 2.